The zero-order chi connectivity index (χ0) is 14.3. The van der Waals surface area contributed by atoms with E-state index in [0.717, 1.165) is 12.1 Å². The summed E-state index contributed by atoms with van der Waals surface area (Å²) in [6.07, 6.45) is 0.980. The van der Waals surface area contributed by atoms with Crippen molar-refractivity contribution < 1.29 is 9.59 Å². The molecule has 3 amide bonds. The van der Waals surface area contributed by atoms with Gasteiger partial charge in [0.15, 0.2) is 0 Å². The fourth-order valence-corrected chi connectivity index (χ4v) is 1.58. The van der Waals surface area contributed by atoms with E-state index >= 15 is 0 Å². The fraction of sp³-hybridized carbons (Fsp3) is 0.429. The minimum absolute atomic E-state index is 0.356. The lowest BCUT2D eigenvalue weighted by atomic mass is 10.1. The molecular weight excluding hydrogens is 242 g/mol. The highest BCUT2D eigenvalue weighted by atomic mass is 16.2. The van der Waals surface area contributed by atoms with E-state index < -0.39 is 12.1 Å². The van der Waals surface area contributed by atoms with Gasteiger partial charge in [-0.25, -0.2) is 4.79 Å². The summed E-state index contributed by atoms with van der Waals surface area (Å²) in [5.41, 5.74) is 2.10. The van der Waals surface area contributed by atoms with Crippen LogP contribution in [-0.2, 0) is 11.2 Å². The molecule has 5 heteroatoms. The van der Waals surface area contributed by atoms with Gasteiger partial charge in [-0.05, 0) is 38.0 Å². The van der Waals surface area contributed by atoms with Crippen LogP contribution in [0.15, 0.2) is 24.3 Å². The maximum Gasteiger partial charge on any atom is 0.321 e. The van der Waals surface area contributed by atoms with Crippen LogP contribution in [0.4, 0.5) is 10.5 Å². The summed E-state index contributed by atoms with van der Waals surface area (Å²) < 4.78 is 0. The molecular formula is C14H21N3O2. The van der Waals surface area contributed by atoms with E-state index in [-0.39, 0.29) is 5.91 Å². The third kappa shape index (κ3) is 4.99. The van der Waals surface area contributed by atoms with Gasteiger partial charge in [-0.2, -0.15) is 0 Å². The number of carbonyl (C=O) groups is 2. The quantitative estimate of drug-likeness (QED) is 0.760. The van der Waals surface area contributed by atoms with Gasteiger partial charge < -0.3 is 10.6 Å². The van der Waals surface area contributed by atoms with Crippen LogP contribution in [0.1, 0.15) is 26.3 Å². The predicted molar refractivity (Wildman–Crippen MR) is 76.1 cm³/mol. The number of rotatable bonds is 5. The van der Waals surface area contributed by atoms with Crippen molar-refractivity contribution in [1.82, 2.24) is 10.6 Å². The molecule has 0 aliphatic heterocycles. The summed E-state index contributed by atoms with van der Waals surface area (Å²) in [5.74, 6) is -0.356. The van der Waals surface area contributed by atoms with E-state index in [9.17, 15) is 9.59 Å². The van der Waals surface area contributed by atoms with E-state index in [1.54, 1.807) is 13.8 Å². The zero-order valence-corrected chi connectivity index (χ0v) is 11.6. The number of hydrogen-bond acceptors (Lipinski definition) is 3. The Kier molecular flexibility index (Phi) is 5.85. The van der Waals surface area contributed by atoms with Gasteiger partial charge in [0.1, 0.15) is 6.04 Å². The maximum absolute atomic E-state index is 11.7. The highest BCUT2D eigenvalue weighted by Crippen LogP contribution is 2.11. The second-order valence-electron chi connectivity index (χ2n) is 4.27. The molecule has 1 aromatic rings. The second-order valence-corrected chi connectivity index (χ2v) is 4.27. The monoisotopic (exact) mass is 263 g/mol. The van der Waals surface area contributed by atoms with Crippen molar-refractivity contribution in [2.75, 3.05) is 11.9 Å². The Balaban J connectivity index is 2.50. The first kappa shape index (κ1) is 15.0. The van der Waals surface area contributed by atoms with Crippen LogP contribution in [0, 0.1) is 0 Å². The topological polar surface area (TPSA) is 70.2 Å². The third-order valence-electron chi connectivity index (χ3n) is 2.71. The summed E-state index contributed by atoms with van der Waals surface area (Å²) >= 11 is 0. The predicted octanol–water partition coefficient (Wildman–Crippen LogP) is 1.90. The lowest BCUT2D eigenvalue weighted by Crippen LogP contribution is -2.45. The van der Waals surface area contributed by atoms with Gasteiger partial charge in [0, 0.05) is 12.2 Å². The number of anilines is 1. The molecule has 0 saturated carbocycles. The molecule has 0 unspecified atom stereocenters. The number of amides is 3. The molecule has 0 aromatic heterocycles. The normalized spacial score (nSPS) is 11.5. The summed E-state index contributed by atoms with van der Waals surface area (Å²) in [4.78, 5) is 22.9. The van der Waals surface area contributed by atoms with Crippen LogP contribution in [0.5, 0.6) is 0 Å². The van der Waals surface area contributed by atoms with Crippen molar-refractivity contribution in [3.63, 3.8) is 0 Å². The van der Waals surface area contributed by atoms with Gasteiger partial charge >= 0.3 is 6.03 Å². The Morgan fingerprint density at radius 2 is 1.79 bits per heavy atom. The molecule has 19 heavy (non-hydrogen) atoms. The van der Waals surface area contributed by atoms with E-state index in [1.165, 1.54) is 5.56 Å². The molecule has 5 nitrogen and oxygen atoms in total. The molecule has 0 aliphatic carbocycles. The smallest absolute Gasteiger partial charge is 0.321 e. The van der Waals surface area contributed by atoms with E-state index in [1.807, 2.05) is 24.3 Å². The molecule has 0 radical (unpaired) electrons. The second kappa shape index (κ2) is 7.41. The Morgan fingerprint density at radius 3 is 2.32 bits per heavy atom. The first-order valence-electron chi connectivity index (χ1n) is 6.51. The Morgan fingerprint density at radius 1 is 1.16 bits per heavy atom. The molecule has 104 valence electrons. The molecule has 0 aliphatic rings. The third-order valence-corrected chi connectivity index (χ3v) is 2.71. The number of imide groups is 1. The number of hydrogen-bond donors (Lipinski definition) is 3. The lowest BCUT2D eigenvalue weighted by molar-refractivity contribution is -0.120. The van der Waals surface area contributed by atoms with Crippen LogP contribution >= 0.6 is 0 Å². The van der Waals surface area contributed by atoms with Crippen LogP contribution in [-0.4, -0.2) is 24.5 Å². The minimum Gasteiger partial charge on any atom is -0.374 e. The van der Waals surface area contributed by atoms with E-state index in [4.69, 9.17) is 0 Å². The van der Waals surface area contributed by atoms with Crippen molar-refractivity contribution >= 4 is 17.6 Å². The number of urea groups is 1. The summed E-state index contributed by atoms with van der Waals surface area (Å²) in [6.45, 7) is 6.08. The van der Waals surface area contributed by atoms with Crippen molar-refractivity contribution in [3.8, 4) is 0 Å². The van der Waals surface area contributed by atoms with Crippen LogP contribution in [0.3, 0.4) is 0 Å². The van der Waals surface area contributed by atoms with Crippen molar-refractivity contribution in [1.29, 1.82) is 0 Å². The van der Waals surface area contributed by atoms with Crippen LogP contribution in [0.2, 0.25) is 0 Å². The standard InChI is InChI=1S/C14H21N3O2/c1-4-11-6-8-12(9-7-11)16-10(3)13(18)17-14(19)15-5-2/h6-10,16H,4-5H2,1-3H3,(H2,15,17,18,19)/t10-/m0/s1. The van der Waals surface area contributed by atoms with Gasteiger partial charge in [0.25, 0.3) is 0 Å². The average Bonchev–Trinajstić information content (AvgIpc) is 2.39. The molecule has 1 aromatic carbocycles. The Labute approximate surface area is 113 Å². The minimum atomic E-state index is -0.477. The molecule has 0 spiro atoms. The van der Waals surface area contributed by atoms with Gasteiger partial charge in [-0.15, -0.1) is 0 Å². The molecule has 1 rings (SSSR count). The van der Waals surface area contributed by atoms with Crippen LogP contribution < -0.4 is 16.0 Å². The molecule has 1 atom stereocenters. The molecule has 0 heterocycles. The average molecular weight is 263 g/mol. The lowest BCUT2D eigenvalue weighted by Gasteiger charge is -2.15. The molecule has 0 fully saturated rings. The molecule has 0 saturated heterocycles. The number of nitrogens with one attached hydrogen (secondary N) is 3. The van der Waals surface area contributed by atoms with Gasteiger partial charge in [-0.3, -0.25) is 10.1 Å². The Hall–Kier alpha value is -2.04. The highest BCUT2D eigenvalue weighted by Gasteiger charge is 2.14. The van der Waals surface area contributed by atoms with Crippen molar-refractivity contribution in [2.45, 2.75) is 33.2 Å². The Bertz CT molecular complexity index is 429. The van der Waals surface area contributed by atoms with Crippen LogP contribution in [0.25, 0.3) is 0 Å². The fourth-order valence-electron chi connectivity index (χ4n) is 1.58. The summed E-state index contributed by atoms with van der Waals surface area (Å²) in [6, 6.07) is 6.93. The maximum atomic E-state index is 11.7. The van der Waals surface area contributed by atoms with Gasteiger partial charge in [0.2, 0.25) is 5.91 Å². The molecule has 3 N–H and O–H groups in total. The van der Waals surface area contributed by atoms with E-state index in [2.05, 4.69) is 22.9 Å². The van der Waals surface area contributed by atoms with E-state index in [0.29, 0.717) is 6.54 Å². The summed E-state index contributed by atoms with van der Waals surface area (Å²) in [5, 5.41) is 7.83. The van der Waals surface area contributed by atoms with Crippen molar-refractivity contribution in [2.24, 2.45) is 0 Å². The molecule has 0 bridgehead atoms. The number of aryl methyl sites for hydroxylation is 1. The summed E-state index contributed by atoms with van der Waals surface area (Å²) in [7, 11) is 0. The SMILES string of the molecule is CCNC(=O)NC(=O)[C@H](C)Nc1ccc(CC)cc1. The largest absolute Gasteiger partial charge is 0.374 e. The first-order valence-corrected chi connectivity index (χ1v) is 6.51. The van der Waals surface area contributed by atoms with Gasteiger partial charge in [-0.1, -0.05) is 19.1 Å². The first-order chi connectivity index (χ1) is 9.06. The number of carbonyl (C=O) groups excluding carboxylic acids is 2. The number of benzene rings is 1. The van der Waals surface area contributed by atoms with Crippen molar-refractivity contribution in [3.05, 3.63) is 29.8 Å². The van der Waals surface area contributed by atoms with Gasteiger partial charge in [0.05, 0.1) is 0 Å². The zero-order valence-electron chi connectivity index (χ0n) is 11.6. The highest BCUT2D eigenvalue weighted by molar-refractivity contribution is 5.97.